The SMILES string of the molecule is O=C(O)c1ccc2c(n1)CC(COCCO)NC2. The summed E-state index contributed by atoms with van der Waals surface area (Å²) < 4.78 is 5.26. The molecule has 18 heavy (non-hydrogen) atoms. The van der Waals surface area contributed by atoms with Crippen molar-refractivity contribution in [3.8, 4) is 0 Å². The number of pyridine rings is 1. The van der Waals surface area contributed by atoms with Gasteiger partial charge in [-0.3, -0.25) is 0 Å². The van der Waals surface area contributed by atoms with E-state index in [4.69, 9.17) is 14.9 Å². The molecule has 1 aromatic heterocycles. The Morgan fingerprint density at radius 3 is 3.11 bits per heavy atom. The Labute approximate surface area is 105 Å². The molecule has 0 saturated heterocycles. The smallest absolute Gasteiger partial charge is 0.354 e. The lowest BCUT2D eigenvalue weighted by Gasteiger charge is -2.25. The first-order valence-electron chi connectivity index (χ1n) is 5.85. The summed E-state index contributed by atoms with van der Waals surface area (Å²) in [5.41, 5.74) is 1.91. The second-order valence-corrected chi connectivity index (χ2v) is 4.19. The molecule has 1 unspecified atom stereocenters. The van der Waals surface area contributed by atoms with Crippen molar-refractivity contribution in [2.45, 2.75) is 19.0 Å². The van der Waals surface area contributed by atoms with Gasteiger partial charge in [0.2, 0.25) is 0 Å². The summed E-state index contributed by atoms with van der Waals surface area (Å²) in [6, 6.07) is 3.43. The second-order valence-electron chi connectivity index (χ2n) is 4.19. The molecule has 0 bridgehead atoms. The number of nitrogens with zero attached hydrogens (tertiary/aromatic N) is 1. The molecule has 0 aliphatic carbocycles. The van der Waals surface area contributed by atoms with E-state index in [1.54, 1.807) is 6.07 Å². The maximum absolute atomic E-state index is 10.8. The van der Waals surface area contributed by atoms with Gasteiger partial charge in [0.25, 0.3) is 0 Å². The molecule has 6 heteroatoms. The second kappa shape index (κ2) is 5.90. The van der Waals surface area contributed by atoms with Crippen LogP contribution >= 0.6 is 0 Å². The number of carbonyl (C=O) groups is 1. The Balaban J connectivity index is 2.02. The molecule has 2 heterocycles. The highest BCUT2D eigenvalue weighted by Gasteiger charge is 2.20. The third kappa shape index (κ3) is 3.04. The first kappa shape index (κ1) is 12.9. The van der Waals surface area contributed by atoms with E-state index in [2.05, 4.69) is 10.3 Å². The highest BCUT2D eigenvalue weighted by molar-refractivity contribution is 5.85. The molecule has 1 atom stereocenters. The highest BCUT2D eigenvalue weighted by Crippen LogP contribution is 2.15. The van der Waals surface area contributed by atoms with Crippen molar-refractivity contribution in [3.05, 3.63) is 29.1 Å². The molecule has 1 aromatic rings. The lowest BCUT2D eigenvalue weighted by molar-refractivity contribution is 0.0688. The quantitative estimate of drug-likeness (QED) is 0.629. The van der Waals surface area contributed by atoms with Crippen molar-refractivity contribution >= 4 is 5.97 Å². The molecule has 0 radical (unpaired) electrons. The van der Waals surface area contributed by atoms with Crippen LogP contribution in [-0.2, 0) is 17.7 Å². The van der Waals surface area contributed by atoms with Gasteiger partial charge in [-0.15, -0.1) is 0 Å². The molecule has 1 aliphatic rings. The molecular formula is C12H16N2O4. The standard InChI is InChI=1S/C12H16N2O4/c15-3-4-18-7-9-5-11-8(6-13-9)1-2-10(14-11)12(16)17/h1-2,9,13,15H,3-7H2,(H,16,17). The predicted molar refractivity (Wildman–Crippen MR) is 63.4 cm³/mol. The van der Waals surface area contributed by atoms with E-state index >= 15 is 0 Å². The fraction of sp³-hybridized carbons (Fsp3) is 0.500. The summed E-state index contributed by atoms with van der Waals surface area (Å²) in [6.07, 6.45) is 0.641. The van der Waals surface area contributed by atoms with E-state index < -0.39 is 5.97 Å². The molecule has 0 saturated carbocycles. The average molecular weight is 252 g/mol. The zero-order valence-corrected chi connectivity index (χ0v) is 9.93. The molecule has 1 aliphatic heterocycles. The monoisotopic (exact) mass is 252 g/mol. The average Bonchev–Trinajstić information content (AvgIpc) is 2.38. The first-order valence-corrected chi connectivity index (χ1v) is 5.85. The Kier molecular flexibility index (Phi) is 4.24. The van der Waals surface area contributed by atoms with Crippen LogP contribution in [0.25, 0.3) is 0 Å². The van der Waals surface area contributed by atoms with Gasteiger partial charge in [-0.25, -0.2) is 9.78 Å². The van der Waals surface area contributed by atoms with Crippen molar-refractivity contribution in [3.63, 3.8) is 0 Å². The van der Waals surface area contributed by atoms with E-state index in [1.165, 1.54) is 6.07 Å². The molecule has 0 amide bonds. The summed E-state index contributed by atoms with van der Waals surface area (Å²) in [4.78, 5) is 15.0. The van der Waals surface area contributed by atoms with Crippen LogP contribution in [0.5, 0.6) is 0 Å². The topological polar surface area (TPSA) is 91.7 Å². The molecule has 0 aromatic carbocycles. The summed E-state index contributed by atoms with van der Waals surface area (Å²) >= 11 is 0. The van der Waals surface area contributed by atoms with E-state index in [-0.39, 0.29) is 18.3 Å². The highest BCUT2D eigenvalue weighted by atomic mass is 16.5. The number of nitrogens with one attached hydrogen (secondary N) is 1. The van der Waals surface area contributed by atoms with Crippen LogP contribution in [0.1, 0.15) is 21.7 Å². The normalized spacial score (nSPS) is 18.4. The lowest BCUT2D eigenvalue weighted by Crippen LogP contribution is -2.40. The minimum absolute atomic E-state index is 0.00468. The van der Waals surface area contributed by atoms with Gasteiger partial charge in [0.05, 0.1) is 19.8 Å². The number of aliphatic hydroxyl groups excluding tert-OH is 1. The van der Waals surface area contributed by atoms with E-state index in [9.17, 15) is 4.79 Å². The third-order valence-electron chi connectivity index (χ3n) is 2.86. The number of aliphatic hydroxyl groups is 1. The number of aromatic carboxylic acids is 1. The van der Waals surface area contributed by atoms with E-state index in [0.29, 0.717) is 26.2 Å². The first-order chi connectivity index (χ1) is 8.70. The minimum atomic E-state index is -1.01. The van der Waals surface area contributed by atoms with Crippen molar-refractivity contribution < 1.29 is 19.7 Å². The number of hydrogen-bond donors (Lipinski definition) is 3. The summed E-state index contributed by atoms with van der Waals surface area (Å²) in [6.45, 7) is 1.46. The fourth-order valence-electron chi connectivity index (χ4n) is 1.95. The number of aromatic nitrogens is 1. The zero-order chi connectivity index (χ0) is 13.0. The van der Waals surface area contributed by atoms with Crippen molar-refractivity contribution in [1.29, 1.82) is 0 Å². The number of fused-ring (bicyclic) bond motifs is 1. The lowest BCUT2D eigenvalue weighted by atomic mass is 10.0. The Morgan fingerprint density at radius 1 is 1.56 bits per heavy atom. The minimum Gasteiger partial charge on any atom is -0.477 e. The van der Waals surface area contributed by atoms with Gasteiger partial charge in [-0.2, -0.15) is 0 Å². The molecular weight excluding hydrogens is 236 g/mol. The number of hydrogen-bond acceptors (Lipinski definition) is 5. The Bertz CT molecular complexity index is 436. The summed E-state index contributed by atoms with van der Waals surface area (Å²) in [5.74, 6) is -1.01. The van der Waals surface area contributed by atoms with Crippen molar-refractivity contribution in [1.82, 2.24) is 10.3 Å². The van der Waals surface area contributed by atoms with Gasteiger partial charge < -0.3 is 20.3 Å². The van der Waals surface area contributed by atoms with Crippen LogP contribution in [0.2, 0.25) is 0 Å². The van der Waals surface area contributed by atoms with Gasteiger partial charge in [-0.1, -0.05) is 6.07 Å². The van der Waals surface area contributed by atoms with Crippen LogP contribution in [0, 0.1) is 0 Å². The molecule has 0 spiro atoms. The largest absolute Gasteiger partial charge is 0.477 e. The summed E-state index contributed by atoms with van der Waals surface area (Å²) in [7, 11) is 0. The molecule has 3 N–H and O–H groups in total. The number of carboxylic acid groups (broad SMARTS) is 1. The van der Waals surface area contributed by atoms with Gasteiger partial charge in [0.1, 0.15) is 5.69 Å². The zero-order valence-electron chi connectivity index (χ0n) is 9.93. The summed E-state index contributed by atoms with van der Waals surface area (Å²) in [5, 5.41) is 20.8. The number of carboxylic acids is 1. The number of rotatable bonds is 5. The Hall–Kier alpha value is -1.50. The predicted octanol–water partition coefficient (Wildman–Crippen LogP) is -0.197. The van der Waals surface area contributed by atoms with Gasteiger partial charge in [0.15, 0.2) is 0 Å². The van der Waals surface area contributed by atoms with Crippen LogP contribution in [0.15, 0.2) is 12.1 Å². The third-order valence-corrected chi connectivity index (χ3v) is 2.86. The van der Waals surface area contributed by atoms with Crippen LogP contribution < -0.4 is 5.32 Å². The van der Waals surface area contributed by atoms with Gasteiger partial charge in [-0.05, 0) is 11.6 Å². The maximum atomic E-state index is 10.8. The maximum Gasteiger partial charge on any atom is 0.354 e. The van der Waals surface area contributed by atoms with Gasteiger partial charge >= 0.3 is 5.97 Å². The fourth-order valence-corrected chi connectivity index (χ4v) is 1.95. The molecule has 6 nitrogen and oxygen atoms in total. The number of ether oxygens (including phenoxy) is 1. The van der Waals surface area contributed by atoms with Crippen LogP contribution in [0.3, 0.4) is 0 Å². The molecule has 98 valence electrons. The van der Waals surface area contributed by atoms with Crippen LogP contribution in [0.4, 0.5) is 0 Å². The van der Waals surface area contributed by atoms with Crippen molar-refractivity contribution in [2.75, 3.05) is 19.8 Å². The molecule has 2 rings (SSSR count). The van der Waals surface area contributed by atoms with Crippen LogP contribution in [-0.4, -0.2) is 47.0 Å². The van der Waals surface area contributed by atoms with Gasteiger partial charge in [0, 0.05) is 24.7 Å². The molecule has 0 fully saturated rings. The Morgan fingerprint density at radius 2 is 2.39 bits per heavy atom. The van der Waals surface area contributed by atoms with E-state index in [1.807, 2.05) is 0 Å². The van der Waals surface area contributed by atoms with Crippen molar-refractivity contribution in [2.24, 2.45) is 0 Å². The van der Waals surface area contributed by atoms with E-state index in [0.717, 1.165) is 11.3 Å².